The van der Waals surface area contributed by atoms with Gasteiger partial charge in [0, 0.05) is 61.2 Å². The van der Waals surface area contributed by atoms with Crippen LogP contribution in [0.4, 0.5) is 11.6 Å². The predicted molar refractivity (Wildman–Crippen MR) is 138 cm³/mol. The van der Waals surface area contributed by atoms with Crippen molar-refractivity contribution in [1.29, 1.82) is 0 Å². The minimum Gasteiger partial charge on any atom is -0.495 e. The van der Waals surface area contributed by atoms with Gasteiger partial charge in [-0.25, -0.2) is 9.97 Å². The van der Waals surface area contributed by atoms with Crippen LogP contribution >= 0.6 is 0 Å². The van der Waals surface area contributed by atoms with Gasteiger partial charge in [0.2, 0.25) is 11.9 Å². The first-order chi connectivity index (χ1) is 17.4. The number of rotatable bonds is 9. The molecule has 0 saturated carbocycles. The summed E-state index contributed by atoms with van der Waals surface area (Å²) >= 11 is 0. The number of benzene rings is 1. The topological polar surface area (TPSA) is 123 Å². The minimum absolute atomic E-state index is 0.146. The highest BCUT2D eigenvalue weighted by Crippen LogP contribution is 2.32. The number of carbonyl (C=O) groups excluding carboxylic acids is 2. The van der Waals surface area contributed by atoms with Gasteiger partial charge in [0.05, 0.1) is 30.2 Å². The maximum absolute atomic E-state index is 12.6. The summed E-state index contributed by atoms with van der Waals surface area (Å²) in [5.41, 5.74) is 3.76. The van der Waals surface area contributed by atoms with E-state index in [0.29, 0.717) is 36.0 Å². The Morgan fingerprint density at radius 1 is 1.08 bits per heavy atom. The number of carbonyl (C=O) groups is 2. The average Bonchev–Trinajstić information content (AvgIpc) is 3.27. The summed E-state index contributed by atoms with van der Waals surface area (Å²) in [6, 6.07) is 9.17. The van der Waals surface area contributed by atoms with Crippen molar-refractivity contribution in [3.63, 3.8) is 0 Å². The third-order valence-electron chi connectivity index (χ3n) is 5.62. The molecule has 0 spiro atoms. The quantitative estimate of drug-likeness (QED) is 0.308. The molecule has 10 heteroatoms. The minimum atomic E-state index is -0.268. The molecule has 0 unspecified atom stereocenters. The summed E-state index contributed by atoms with van der Waals surface area (Å²) in [6.45, 7) is 6.35. The third-order valence-corrected chi connectivity index (χ3v) is 5.62. The van der Waals surface area contributed by atoms with Crippen molar-refractivity contribution < 1.29 is 14.3 Å². The molecular weight excluding hydrogens is 458 g/mol. The summed E-state index contributed by atoms with van der Waals surface area (Å²) in [7, 11) is 1.56. The number of methoxy groups -OCH3 is 1. The van der Waals surface area contributed by atoms with E-state index >= 15 is 0 Å². The summed E-state index contributed by atoms with van der Waals surface area (Å²) < 4.78 is 7.64. The zero-order valence-electron chi connectivity index (χ0n) is 20.7. The fraction of sp³-hybridized carbons (Fsp3) is 0.269. The van der Waals surface area contributed by atoms with Crippen LogP contribution in [0.1, 0.15) is 37.2 Å². The number of anilines is 2. The van der Waals surface area contributed by atoms with E-state index in [1.165, 1.54) is 6.92 Å². The van der Waals surface area contributed by atoms with Crippen LogP contribution in [0.5, 0.6) is 5.75 Å². The molecule has 2 amide bonds. The van der Waals surface area contributed by atoms with E-state index in [2.05, 4.69) is 50.5 Å². The van der Waals surface area contributed by atoms with Gasteiger partial charge in [-0.1, -0.05) is 0 Å². The van der Waals surface area contributed by atoms with Gasteiger partial charge in [0.15, 0.2) is 0 Å². The van der Waals surface area contributed by atoms with E-state index in [4.69, 9.17) is 9.72 Å². The molecule has 0 atom stereocenters. The van der Waals surface area contributed by atoms with Gasteiger partial charge < -0.3 is 25.3 Å². The molecule has 10 nitrogen and oxygen atoms in total. The monoisotopic (exact) mass is 487 g/mol. The first-order valence-corrected chi connectivity index (χ1v) is 11.6. The molecule has 3 heterocycles. The molecule has 3 N–H and O–H groups in total. The number of amides is 2. The lowest BCUT2D eigenvalue weighted by Gasteiger charge is -2.13. The summed E-state index contributed by atoms with van der Waals surface area (Å²) in [4.78, 5) is 37.0. The maximum Gasteiger partial charge on any atom is 0.251 e. The first-order valence-electron chi connectivity index (χ1n) is 11.6. The van der Waals surface area contributed by atoms with E-state index in [1.54, 1.807) is 37.7 Å². The third kappa shape index (κ3) is 5.43. The fourth-order valence-corrected chi connectivity index (χ4v) is 3.88. The Morgan fingerprint density at radius 2 is 1.89 bits per heavy atom. The van der Waals surface area contributed by atoms with Crippen molar-refractivity contribution in [2.24, 2.45) is 0 Å². The molecule has 4 rings (SSSR count). The SMILES string of the molecule is COc1ccc(C(=O)NCCNC(C)=O)cc1Nc1nccc(-c2cn(C(C)C)c3cnccc23)n1. The largest absolute Gasteiger partial charge is 0.495 e. The average molecular weight is 488 g/mol. The van der Waals surface area contributed by atoms with Crippen LogP contribution in [0, 0.1) is 0 Å². The predicted octanol–water partition coefficient (Wildman–Crippen LogP) is 3.69. The van der Waals surface area contributed by atoms with Crippen molar-refractivity contribution in [3.05, 3.63) is 60.7 Å². The molecule has 0 fully saturated rings. The number of aromatic nitrogens is 4. The van der Waals surface area contributed by atoms with Crippen LogP contribution in [0.2, 0.25) is 0 Å². The lowest BCUT2D eigenvalue weighted by Crippen LogP contribution is -2.33. The van der Waals surface area contributed by atoms with Crippen molar-refractivity contribution >= 4 is 34.4 Å². The van der Waals surface area contributed by atoms with E-state index in [-0.39, 0.29) is 17.9 Å². The number of hydrogen-bond donors (Lipinski definition) is 3. The molecule has 186 valence electrons. The Bertz CT molecular complexity index is 1400. The van der Waals surface area contributed by atoms with Gasteiger partial charge in [-0.15, -0.1) is 0 Å². The first kappa shape index (κ1) is 24.6. The van der Waals surface area contributed by atoms with Gasteiger partial charge in [-0.05, 0) is 44.2 Å². The number of hydrogen-bond acceptors (Lipinski definition) is 7. The van der Waals surface area contributed by atoms with Crippen LogP contribution in [0.25, 0.3) is 22.2 Å². The standard InChI is InChI=1S/C26H29N7O3/c1-16(2)33-15-20(19-7-9-27-14-23(19)33)21-8-10-30-26(31-21)32-22-13-18(5-6-24(22)36-4)25(35)29-12-11-28-17(3)34/h5-10,13-16H,11-12H2,1-4H3,(H,28,34)(H,29,35)(H,30,31,32). The number of ether oxygens (including phenoxy) is 1. The van der Waals surface area contributed by atoms with E-state index in [9.17, 15) is 9.59 Å². The highest BCUT2D eigenvalue weighted by Gasteiger charge is 2.15. The normalized spacial score (nSPS) is 10.9. The molecule has 0 bridgehead atoms. The summed E-state index contributed by atoms with van der Waals surface area (Å²) in [5.74, 6) is 0.499. The van der Waals surface area contributed by atoms with Gasteiger partial charge in [-0.2, -0.15) is 0 Å². The Kier molecular flexibility index (Phi) is 7.43. The van der Waals surface area contributed by atoms with Crippen molar-refractivity contribution in [1.82, 2.24) is 30.2 Å². The fourth-order valence-electron chi connectivity index (χ4n) is 3.88. The van der Waals surface area contributed by atoms with Crippen LogP contribution in [0.3, 0.4) is 0 Å². The Hall–Kier alpha value is -4.47. The zero-order chi connectivity index (χ0) is 25.7. The second-order valence-electron chi connectivity index (χ2n) is 8.48. The molecular formula is C26H29N7O3. The Morgan fingerprint density at radius 3 is 2.64 bits per heavy atom. The molecule has 0 aliphatic carbocycles. The van der Waals surface area contributed by atoms with Crippen LogP contribution in [0.15, 0.2) is 55.1 Å². The Labute approximate surface area is 209 Å². The molecule has 1 aromatic carbocycles. The molecule has 4 aromatic rings. The van der Waals surface area contributed by atoms with Crippen molar-refractivity contribution in [2.45, 2.75) is 26.8 Å². The van der Waals surface area contributed by atoms with Gasteiger partial charge in [0.1, 0.15) is 5.75 Å². The number of pyridine rings is 1. The van der Waals surface area contributed by atoms with Crippen molar-refractivity contribution in [3.8, 4) is 17.0 Å². The number of nitrogens with one attached hydrogen (secondary N) is 3. The highest BCUT2D eigenvalue weighted by molar-refractivity contribution is 5.96. The maximum atomic E-state index is 12.6. The van der Waals surface area contributed by atoms with Crippen LogP contribution in [-0.4, -0.2) is 51.5 Å². The van der Waals surface area contributed by atoms with Gasteiger partial charge in [-0.3, -0.25) is 14.6 Å². The Balaban J connectivity index is 1.59. The summed E-state index contributed by atoms with van der Waals surface area (Å²) in [5, 5.41) is 9.67. The van der Waals surface area contributed by atoms with Crippen molar-refractivity contribution in [2.75, 3.05) is 25.5 Å². The van der Waals surface area contributed by atoms with E-state index in [1.807, 2.05) is 18.3 Å². The molecule has 36 heavy (non-hydrogen) atoms. The van der Waals surface area contributed by atoms with E-state index < -0.39 is 0 Å². The van der Waals surface area contributed by atoms with Crippen LogP contribution < -0.4 is 20.7 Å². The summed E-state index contributed by atoms with van der Waals surface area (Å²) in [6.07, 6.45) is 7.40. The molecule has 0 aliphatic heterocycles. The second-order valence-corrected chi connectivity index (χ2v) is 8.48. The number of nitrogens with zero attached hydrogens (tertiary/aromatic N) is 4. The number of fused-ring (bicyclic) bond motifs is 1. The lowest BCUT2D eigenvalue weighted by molar-refractivity contribution is -0.118. The lowest BCUT2D eigenvalue weighted by atomic mass is 10.1. The zero-order valence-corrected chi connectivity index (χ0v) is 20.7. The van der Waals surface area contributed by atoms with Crippen LogP contribution in [-0.2, 0) is 4.79 Å². The molecule has 3 aromatic heterocycles. The highest BCUT2D eigenvalue weighted by atomic mass is 16.5. The van der Waals surface area contributed by atoms with Gasteiger partial charge >= 0.3 is 0 Å². The molecule has 0 radical (unpaired) electrons. The van der Waals surface area contributed by atoms with E-state index in [0.717, 1.165) is 22.2 Å². The second kappa shape index (κ2) is 10.9. The molecule has 0 aliphatic rings. The smallest absolute Gasteiger partial charge is 0.251 e. The molecule has 0 saturated heterocycles. The van der Waals surface area contributed by atoms with Gasteiger partial charge in [0.25, 0.3) is 5.91 Å².